The molecule has 8 heteroatoms. The second-order valence-electron chi connectivity index (χ2n) is 6.87. The van der Waals surface area contributed by atoms with Gasteiger partial charge < -0.3 is 10.2 Å². The lowest BCUT2D eigenvalue weighted by molar-refractivity contribution is 0.273. The molecule has 0 spiro atoms. The van der Waals surface area contributed by atoms with Crippen LogP contribution in [0, 0.1) is 11.8 Å². The van der Waals surface area contributed by atoms with E-state index >= 15 is 0 Å². The molecule has 0 unspecified atom stereocenters. The fraction of sp³-hybridized carbons (Fsp3) is 0.938. The number of likely N-dealkylation sites (tertiary alicyclic amines) is 1. The molecule has 0 aromatic heterocycles. The van der Waals surface area contributed by atoms with E-state index < -0.39 is 10.0 Å². The first-order valence-corrected chi connectivity index (χ1v) is 10.7. The topological polar surface area (TPSA) is 73.8 Å². The molecule has 2 aliphatic rings. The summed E-state index contributed by atoms with van der Waals surface area (Å²) in [6, 6.07) is 0. The highest BCUT2D eigenvalue weighted by Gasteiger charge is 2.21. The van der Waals surface area contributed by atoms with Crippen molar-refractivity contribution in [1.82, 2.24) is 14.9 Å². The molecule has 24 heavy (non-hydrogen) atoms. The Morgan fingerprint density at radius 1 is 1.21 bits per heavy atom. The summed E-state index contributed by atoms with van der Waals surface area (Å²) in [5.41, 5.74) is 0. The zero-order valence-corrected chi connectivity index (χ0v) is 18.1. The van der Waals surface area contributed by atoms with Crippen LogP contribution in [0.5, 0.6) is 0 Å². The molecule has 2 fully saturated rings. The van der Waals surface area contributed by atoms with E-state index in [0.29, 0.717) is 19.0 Å². The normalized spacial score (nSPS) is 20.4. The van der Waals surface area contributed by atoms with Gasteiger partial charge in [0.1, 0.15) is 0 Å². The van der Waals surface area contributed by atoms with Gasteiger partial charge in [0.15, 0.2) is 5.96 Å². The maximum atomic E-state index is 12.0. The van der Waals surface area contributed by atoms with E-state index in [1.54, 1.807) is 0 Å². The Morgan fingerprint density at radius 3 is 2.42 bits per heavy atom. The molecule has 2 N–H and O–H groups in total. The molecule has 2 rings (SSSR count). The third-order valence-corrected chi connectivity index (χ3v) is 6.18. The minimum absolute atomic E-state index is 0. The van der Waals surface area contributed by atoms with Crippen LogP contribution < -0.4 is 10.0 Å². The van der Waals surface area contributed by atoms with E-state index in [4.69, 9.17) is 0 Å². The molecule has 0 bridgehead atoms. The van der Waals surface area contributed by atoms with Crippen molar-refractivity contribution in [3.63, 3.8) is 0 Å². The Morgan fingerprint density at radius 2 is 1.88 bits per heavy atom. The van der Waals surface area contributed by atoms with Crippen molar-refractivity contribution >= 4 is 40.0 Å². The molecule has 1 aliphatic heterocycles. The van der Waals surface area contributed by atoms with Crippen molar-refractivity contribution in [1.29, 1.82) is 0 Å². The van der Waals surface area contributed by atoms with Gasteiger partial charge in [-0.3, -0.25) is 4.99 Å². The lowest BCUT2D eigenvalue weighted by Gasteiger charge is -2.33. The highest BCUT2D eigenvalue weighted by Crippen LogP contribution is 2.25. The Balaban J connectivity index is 0.00000288. The number of piperidine rings is 1. The molecule has 142 valence electrons. The summed E-state index contributed by atoms with van der Waals surface area (Å²) < 4.78 is 26.8. The van der Waals surface area contributed by atoms with E-state index in [-0.39, 0.29) is 29.7 Å². The number of aliphatic imine (C=N–C) groups is 1. The minimum Gasteiger partial charge on any atom is -0.357 e. The fourth-order valence-electron chi connectivity index (χ4n) is 2.93. The van der Waals surface area contributed by atoms with Gasteiger partial charge in [-0.25, -0.2) is 13.1 Å². The Kier molecular flexibility index (Phi) is 9.88. The zero-order valence-electron chi connectivity index (χ0n) is 15.0. The van der Waals surface area contributed by atoms with E-state index in [1.165, 1.54) is 19.3 Å². The molecule has 0 aromatic carbocycles. The van der Waals surface area contributed by atoms with Crippen LogP contribution in [0.25, 0.3) is 0 Å². The van der Waals surface area contributed by atoms with Crippen LogP contribution >= 0.6 is 24.0 Å². The molecule has 1 saturated carbocycles. The number of hydrogen-bond acceptors (Lipinski definition) is 3. The largest absolute Gasteiger partial charge is 0.357 e. The predicted molar refractivity (Wildman–Crippen MR) is 110 cm³/mol. The van der Waals surface area contributed by atoms with E-state index in [0.717, 1.165) is 44.4 Å². The standard InChI is InChI=1S/C16H32N4O2S.HI/c1-3-17-16(20-10-7-14(2)8-11-20)18-9-12-23(21,22)19-13-15-5-4-6-15;/h14-15,19H,3-13H2,1-2H3,(H,17,18);1H. The average molecular weight is 472 g/mol. The van der Waals surface area contributed by atoms with E-state index in [9.17, 15) is 8.42 Å². The molecule has 1 aliphatic carbocycles. The minimum atomic E-state index is -3.21. The number of nitrogens with zero attached hydrogens (tertiary/aromatic N) is 2. The number of rotatable bonds is 7. The molecule has 6 nitrogen and oxygen atoms in total. The highest BCUT2D eigenvalue weighted by atomic mass is 127. The van der Waals surface area contributed by atoms with Crippen molar-refractivity contribution in [2.45, 2.75) is 46.0 Å². The Labute approximate surface area is 164 Å². The summed E-state index contributed by atoms with van der Waals surface area (Å²) in [6.45, 7) is 8.03. The van der Waals surface area contributed by atoms with Crippen molar-refractivity contribution in [2.75, 3.05) is 38.5 Å². The van der Waals surface area contributed by atoms with Crippen molar-refractivity contribution < 1.29 is 8.42 Å². The molecule has 0 aromatic rings. The second-order valence-corrected chi connectivity index (χ2v) is 8.80. The van der Waals surface area contributed by atoms with Gasteiger partial charge in [-0.05, 0) is 44.4 Å². The first-order valence-electron chi connectivity index (χ1n) is 9.00. The number of hydrogen-bond donors (Lipinski definition) is 2. The maximum absolute atomic E-state index is 12.0. The molecule has 0 amide bonds. The van der Waals surface area contributed by atoms with Gasteiger partial charge in [-0.1, -0.05) is 13.3 Å². The van der Waals surface area contributed by atoms with Crippen LogP contribution in [0.3, 0.4) is 0 Å². The maximum Gasteiger partial charge on any atom is 0.213 e. The van der Waals surface area contributed by atoms with Crippen LogP contribution in [0.1, 0.15) is 46.0 Å². The van der Waals surface area contributed by atoms with Gasteiger partial charge >= 0.3 is 0 Å². The quantitative estimate of drug-likeness (QED) is 0.338. The van der Waals surface area contributed by atoms with Crippen LogP contribution in [0.2, 0.25) is 0 Å². The van der Waals surface area contributed by atoms with Crippen LogP contribution in [0.4, 0.5) is 0 Å². The summed E-state index contributed by atoms with van der Waals surface area (Å²) in [5, 5.41) is 3.28. The van der Waals surface area contributed by atoms with Gasteiger partial charge in [0.05, 0.1) is 12.3 Å². The lowest BCUT2D eigenvalue weighted by Crippen LogP contribution is -2.45. The highest BCUT2D eigenvalue weighted by molar-refractivity contribution is 14.0. The third kappa shape index (κ3) is 7.43. The predicted octanol–water partition coefficient (Wildman–Crippen LogP) is 2.02. The van der Waals surface area contributed by atoms with Crippen LogP contribution in [0.15, 0.2) is 4.99 Å². The van der Waals surface area contributed by atoms with Gasteiger partial charge in [0.2, 0.25) is 10.0 Å². The van der Waals surface area contributed by atoms with Crippen LogP contribution in [-0.4, -0.2) is 57.8 Å². The number of nitrogens with one attached hydrogen (secondary N) is 2. The molecule has 1 heterocycles. The number of guanidine groups is 1. The summed E-state index contributed by atoms with van der Waals surface area (Å²) in [6.07, 6.45) is 5.88. The molecule has 0 radical (unpaired) electrons. The Hall–Kier alpha value is -0.0900. The van der Waals surface area contributed by atoms with Crippen LogP contribution in [-0.2, 0) is 10.0 Å². The smallest absolute Gasteiger partial charge is 0.213 e. The third-order valence-electron chi connectivity index (χ3n) is 4.86. The Bertz CT molecular complexity index is 486. The second kappa shape index (κ2) is 10.8. The van der Waals surface area contributed by atoms with Crippen molar-refractivity contribution in [3.05, 3.63) is 0 Å². The van der Waals surface area contributed by atoms with Gasteiger partial charge in [-0.15, -0.1) is 24.0 Å². The zero-order chi connectivity index (χ0) is 16.7. The molecular weight excluding hydrogens is 439 g/mol. The summed E-state index contributed by atoms with van der Waals surface area (Å²) in [5.74, 6) is 2.23. The lowest BCUT2D eigenvalue weighted by atomic mass is 9.86. The average Bonchev–Trinajstić information content (AvgIpc) is 2.45. The SMILES string of the molecule is CCNC(=NCCS(=O)(=O)NCC1CCC1)N1CCC(C)CC1.I. The number of halogens is 1. The van der Waals surface area contributed by atoms with Gasteiger partial charge in [0, 0.05) is 26.2 Å². The number of sulfonamides is 1. The van der Waals surface area contributed by atoms with Crippen molar-refractivity contribution in [2.24, 2.45) is 16.8 Å². The monoisotopic (exact) mass is 472 g/mol. The van der Waals surface area contributed by atoms with Crippen molar-refractivity contribution in [3.8, 4) is 0 Å². The molecule has 1 saturated heterocycles. The first-order chi connectivity index (χ1) is 11.0. The fourth-order valence-corrected chi connectivity index (χ4v) is 3.90. The van der Waals surface area contributed by atoms with Gasteiger partial charge in [0.25, 0.3) is 0 Å². The van der Waals surface area contributed by atoms with E-state index in [2.05, 4.69) is 26.9 Å². The van der Waals surface area contributed by atoms with Gasteiger partial charge in [-0.2, -0.15) is 0 Å². The molecule has 0 atom stereocenters. The summed E-state index contributed by atoms with van der Waals surface area (Å²) in [4.78, 5) is 6.77. The van der Waals surface area contributed by atoms with E-state index in [1.807, 2.05) is 6.92 Å². The molecular formula is C16H33IN4O2S. The first kappa shape index (κ1) is 22.0. The summed E-state index contributed by atoms with van der Waals surface area (Å²) in [7, 11) is -3.21. The summed E-state index contributed by atoms with van der Waals surface area (Å²) >= 11 is 0.